The number of likely N-dealkylation sites (N-methyl/N-ethyl adjacent to an activating group) is 1. The Kier molecular flexibility index (Phi) is 4.18. The van der Waals surface area contributed by atoms with E-state index in [1.807, 2.05) is 25.1 Å². The Labute approximate surface area is 91.0 Å². The second kappa shape index (κ2) is 5.18. The van der Waals surface area contributed by atoms with Gasteiger partial charge in [-0.05, 0) is 31.7 Å². The van der Waals surface area contributed by atoms with Crippen LogP contribution in [-0.4, -0.2) is 18.5 Å². The Hall–Kier alpha value is -0.790. The molecule has 1 rings (SSSR count). The van der Waals surface area contributed by atoms with Gasteiger partial charge < -0.3 is 0 Å². The molecule has 14 heavy (non-hydrogen) atoms. The van der Waals surface area contributed by atoms with Crippen molar-refractivity contribution in [3.8, 4) is 0 Å². The Bertz CT molecular complexity index is 320. The molecule has 0 atom stereocenters. The van der Waals surface area contributed by atoms with E-state index in [2.05, 4.69) is 24.6 Å². The molecule has 0 aromatic heterocycles. The van der Waals surface area contributed by atoms with Gasteiger partial charge in [0.2, 0.25) is 0 Å². The van der Waals surface area contributed by atoms with Gasteiger partial charge in [0.15, 0.2) is 0 Å². The molecular weight excluding hydrogens is 194 g/mol. The molecule has 1 aromatic rings. The highest BCUT2D eigenvalue weighted by atomic mass is 35.5. The molecule has 0 amide bonds. The van der Waals surface area contributed by atoms with E-state index in [-0.39, 0.29) is 0 Å². The lowest BCUT2D eigenvalue weighted by molar-refractivity contribution is 0.355. The highest BCUT2D eigenvalue weighted by Gasteiger charge is 2.00. The predicted octanol–water partition coefficient (Wildman–Crippen LogP) is 3.35. The summed E-state index contributed by atoms with van der Waals surface area (Å²) in [5.74, 6) is 0. The molecule has 0 bridgehead atoms. The van der Waals surface area contributed by atoms with Crippen molar-refractivity contribution in [2.75, 3.05) is 13.6 Å². The van der Waals surface area contributed by atoms with Crippen LogP contribution in [0, 0.1) is 0 Å². The van der Waals surface area contributed by atoms with E-state index >= 15 is 0 Å². The zero-order valence-electron chi connectivity index (χ0n) is 8.76. The summed E-state index contributed by atoms with van der Waals surface area (Å²) in [7, 11) is 2.08. The van der Waals surface area contributed by atoms with Gasteiger partial charge in [-0.1, -0.05) is 35.9 Å². The average Bonchev–Trinajstić information content (AvgIpc) is 2.01. The fourth-order valence-corrected chi connectivity index (χ4v) is 1.68. The molecule has 0 saturated heterocycles. The number of hydrogen-bond acceptors (Lipinski definition) is 1. The molecule has 0 aliphatic heterocycles. The molecule has 0 radical (unpaired) electrons. The van der Waals surface area contributed by atoms with Crippen LogP contribution < -0.4 is 0 Å². The SMILES string of the molecule is C=C(C)CN(C)Cc1cccc(Cl)c1. The summed E-state index contributed by atoms with van der Waals surface area (Å²) in [6.07, 6.45) is 0. The highest BCUT2D eigenvalue weighted by Crippen LogP contribution is 2.12. The van der Waals surface area contributed by atoms with Crippen LogP contribution in [0.5, 0.6) is 0 Å². The van der Waals surface area contributed by atoms with E-state index in [1.165, 1.54) is 11.1 Å². The Balaban J connectivity index is 2.55. The van der Waals surface area contributed by atoms with Crippen molar-refractivity contribution in [1.29, 1.82) is 0 Å². The summed E-state index contributed by atoms with van der Waals surface area (Å²) in [4.78, 5) is 2.22. The topological polar surface area (TPSA) is 3.24 Å². The Morgan fingerprint density at radius 1 is 1.50 bits per heavy atom. The standard InChI is InChI=1S/C12H16ClN/c1-10(2)8-14(3)9-11-5-4-6-12(13)7-11/h4-7H,1,8-9H2,2-3H3. The molecule has 0 aliphatic carbocycles. The lowest BCUT2D eigenvalue weighted by atomic mass is 10.2. The van der Waals surface area contributed by atoms with E-state index in [1.54, 1.807) is 0 Å². The summed E-state index contributed by atoms with van der Waals surface area (Å²) in [6, 6.07) is 7.95. The zero-order valence-corrected chi connectivity index (χ0v) is 9.51. The summed E-state index contributed by atoms with van der Waals surface area (Å²) in [5, 5.41) is 0.797. The largest absolute Gasteiger partial charge is 0.298 e. The van der Waals surface area contributed by atoms with E-state index in [4.69, 9.17) is 11.6 Å². The third kappa shape index (κ3) is 3.95. The van der Waals surface area contributed by atoms with Crippen molar-refractivity contribution < 1.29 is 0 Å². The number of halogens is 1. The summed E-state index contributed by atoms with van der Waals surface area (Å²) in [6.45, 7) is 7.76. The van der Waals surface area contributed by atoms with Gasteiger partial charge in [0.05, 0.1) is 0 Å². The van der Waals surface area contributed by atoms with Gasteiger partial charge in [-0.3, -0.25) is 4.90 Å². The van der Waals surface area contributed by atoms with Crippen LogP contribution >= 0.6 is 11.6 Å². The van der Waals surface area contributed by atoms with Gasteiger partial charge in [-0.15, -0.1) is 0 Å². The number of benzene rings is 1. The maximum absolute atomic E-state index is 5.90. The van der Waals surface area contributed by atoms with E-state index in [9.17, 15) is 0 Å². The second-order valence-corrected chi connectivity index (χ2v) is 4.20. The van der Waals surface area contributed by atoms with E-state index in [0.717, 1.165) is 18.1 Å². The van der Waals surface area contributed by atoms with Crippen LogP contribution in [0.25, 0.3) is 0 Å². The first kappa shape index (κ1) is 11.3. The molecule has 0 N–H and O–H groups in total. The summed E-state index contributed by atoms with van der Waals surface area (Å²) < 4.78 is 0. The van der Waals surface area contributed by atoms with Crippen molar-refractivity contribution in [3.05, 3.63) is 47.0 Å². The van der Waals surface area contributed by atoms with Crippen molar-refractivity contribution in [1.82, 2.24) is 4.90 Å². The summed E-state index contributed by atoms with van der Waals surface area (Å²) >= 11 is 5.90. The molecule has 1 aromatic carbocycles. The van der Waals surface area contributed by atoms with Gasteiger partial charge in [-0.2, -0.15) is 0 Å². The maximum atomic E-state index is 5.90. The quantitative estimate of drug-likeness (QED) is 0.688. The average molecular weight is 210 g/mol. The molecule has 0 fully saturated rings. The van der Waals surface area contributed by atoms with Gasteiger partial charge in [0.25, 0.3) is 0 Å². The first-order chi connectivity index (χ1) is 6.58. The third-order valence-corrected chi connectivity index (χ3v) is 2.12. The van der Waals surface area contributed by atoms with Crippen LogP contribution in [0.2, 0.25) is 5.02 Å². The minimum atomic E-state index is 0.797. The number of nitrogens with zero attached hydrogens (tertiary/aromatic N) is 1. The van der Waals surface area contributed by atoms with Gasteiger partial charge >= 0.3 is 0 Å². The molecule has 0 spiro atoms. The van der Waals surface area contributed by atoms with Gasteiger partial charge in [-0.25, -0.2) is 0 Å². The molecule has 2 heteroatoms. The number of hydrogen-bond donors (Lipinski definition) is 0. The number of rotatable bonds is 4. The molecule has 0 saturated carbocycles. The molecule has 0 heterocycles. The normalized spacial score (nSPS) is 10.6. The zero-order chi connectivity index (χ0) is 10.6. The van der Waals surface area contributed by atoms with Crippen LogP contribution in [0.4, 0.5) is 0 Å². The van der Waals surface area contributed by atoms with E-state index in [0.29, 0.717) is 0 Å². The van der Waals surface area contributed by atoms with Crippen LogP contribution in [0.15, 0.2) is 36.4 Å². The summed E-state index contributed by atoms with van der Waals surface area (Å²) in [5.41, 5.74) is 2.41. The van der Waals surface area contributed by atoms with Crippen LogP contribution in [0.1, 0.15) is 12.5 Å². The van der Waals surface area contributed by atoms with Gasteiger partial charge in [0.1, 0.15) is 0 Å². The maximum Gasteiger partial charge on any atom is 0.0409 e. The first-order valence-electron chi connectivity index (χ1n) is 4.65. The smallest absolute Gasteiger partial charge is 0.0409 e. The minimum absolute atomic E-state index is 0.797. The Morgan fingerprint density at radius 2 is 2.21 bits per heavy atom. The van der Waals surface area contributed by atoms with E-state index < -0.39 is 0 Å². The third-order valence-electron chi connectivity index (χ3n) is 1.88. The second-order valence-electron chi connectivity index (χ2n) is 3.76. The van der Waals surface area contributed by atoms with Crippen LogP contribution in [-0.2, 0) is 6.54 Å². The highest BCUT2D eigenvalue weighted by molar-refractivity contribution is 6.30. The molecule has 0 aliphatic rings. The van der Waals surface area contributed by atoms with Crippen molar-refractivity contribution in [2.24, 2.45) is 0 Å². The lowest BCUT2D eigenvalue weighted by Crippen LogP contribution is -2.19. The predicted molar refractivity (Wildman–Crippen MR) is 62.6 cm³/mol. The fourth-order valence-electron chi connectivity index (χ4n) is 1.46. The van der Waals surface area contributed by atoms with Crippen LogP contribution in [0.3, 0.4) is 0 Å². The minimum Gasteiger partial charge on any atom is -0.298 e. The monoisotopic (exact) mass is 209 g/mol. The van der Waals surface area contributed by atoms with Crippen molar-refractivity contribution >= 4 is 11.6 Å². The molecule has 1 nitrogen and oxygen atoms in total. The Morgan fingerprint density at radius 3 is 2.79 bits per heavy atom. The van der Waals surface area contributed by atoms with Crippen molar-refractivity contribution in [2.45, 2.75) is 13.5 Å². The lowest BCUT2D eigenvalue weighted by Gasteiger charge is -2.16. The molecule has 0 unspecified atom stereocenters. The molecule has 76 valence electrons. The molecular formula is C12H16ClN. The van der Waals surface area contributed by atoms with Gasteiger partial charge in [0, 0.05) is 18.1 Å². The van der Waals surface area contributed by atoms with Crippen molar-refractivity contribution in [3.63, 3.8) is 0 Å². The first-order valence-corrected chi connectivity index (χ1v) is 5.03. The fraction of sp³-hybridized carbons (Fsp3) is 0.333.